The van der Waals surface area contributed by atoms with Crippen molar-refractivity contribution in [3.8, 4) is 0 Å². The van der Waals surface area contributed by atoms with Crippen LogP contribution in [0.25, 0.3) is 0 Å². The van der Waals surface area contributed by atoms with Crippen molar-refractivity contribution >= 4 is 54.8 Å². The van der Waals surface area contributed by atoms with Crippen molar-refractivity contribution < 1.29 is 13.2 Å². The maximum atomic E-state index is 12.0. The van der Waals surface area contributed by atoms with Gasteiger partial charge in [-0.25, -0.2) is 13.1 Å². The second-order valence-corrected chi connectivity index (χ2v) is 8.46. The van der Waals surface area contributed by atoms with Crippen LogP contribution in [0.15, 0.2) is 39.0 Å². The SMILES string of the molecule is Cc1ccc(C(=O)NS(=O)(=O)c2ccc(Cl)s2)c(Br)c1. The van der Waals surface area contributed by atoms with Gasteiger partial charge in [-0.1, -0.05) is 17.7 Å². The minimum Gasteiger partial charge on any atom is -0.268 e. The number of sulfonamides is 1. The summed E-state index contributed by atoms with van der Waals surface area (Å²) in [6.07, 6.45) is 0. The Morgan fingerprint density at radius 1 is 1.30 bits per heavy atom. The number of carbonyl (C=O) groups is 1. The summed E-state index contributed by atoms with van der Waals surface area (Å²) in [5.74, 6) is -0.693. The molecule has 8 heteroatoms. The van der Waals surface area contributed by atoms with Gasteiger partial charge in [-0.05, 0) is 52.7 Å². The fourth-order valence-corrected chi connectivity index (χ4v) is 4.60. The average molecular weight is 395 g/mol. The van der Waals surface area contributed by atoms with Gasteiger partial charge in [0.25, 0.3) is 15.9 Å². The molecule has 2 rings (SSSR count). The number of hydrogen-bond donors (Lipinski definition) is 1. The van der Waals surface area contributed by atoms with Crippen LogP contribution in [0.4, 0.5) is 0 Å². The van der Waals surface area contributed by atoms with Crippen LogP contribution in [0.3, 0.4) is 0 Å². The first-order valence-corrected chi connectivity index (χ1v) is 8.85. The first-order valence-electron chi connectivity index (χ1n) is 5.38. The van der Waals surface area contributed by atoms with Gasteiger partial charge in [0.15, 0.2) is 0 Å². The van der Waals surface area contributed by atoms with Crippen LogP contribution in [0.2, 0.25) is 4.34 Å². The van der Waals surface area contributed by atoms with Crippen molar-refractivity contribution in [2.75, 3.05) is 0 Å². The highest BCUT2D eigenvalue weighted by atomic mass is 79.9. The molecule has 106 valence electrons. The highest BCUT2D eigenvalue weighted by Crippen LogP contribution is 2.26. The summed E-state index contributed by atoms with van der Waals surface area (Å²) in [5, 5.41) is 0. The lowest BCUT2D eigenvalue weighted by Gasteiger charge is -2.07. The molecule has 0 aliphatic heterocycles. The molecule has 1 N–H and O–H groups in total. The van der Waals surface area contributed by atoms with Crippen LogP contribution >= 0.6 is 38.9 Å². The first kappa shape index (κ1) is 15.5. The van der Waals surface area contributed by atoms with Crippen LogP contribution in [-0.2, 0) is 10.0 Å². The standard InChI is InChI=1S/C12H9BrClNO3S2/c1-7-2-3-8(9(13)6-7)12(16)15-20(17,18)11-5-4-10(14)19-11/h2-6H,1H3,(H,15,16). The van der Waals surface area contributed by atoms with E-state index in [2.05, 4.69) is 15.9 Å². The van der Waals surface area contributed by atoms with Gasteiger partial charge < -0.3 is 0 Å². The summed E-state index contributed by atoms with van der Waals surface area (Å²) in [7, 11) is -3.90. The molecule has 0 radical (unpaired) electrons. The van der Waals surface area contributed by atoms with Crippen molar-refractivity contribution in [2.45, 2.75) is 11.1 Å². The van der Waals surface area contributed by atoms with Gasteiger partial charge in [0.1, 0.15) is 4.21 Å². The molecule has 0 unspecified atom stereocenters. The van der Waals surface area contributed by atoms with E-state index in [1.54, 1.807) is 18.2 Å². The summed E-state index contributed by atoms with van der Waals surface area (Å²) in [6.45, 7) is 1.87. The molecular weight excluding hydrogens is 386 g/mol. The highest BCUT2D eigenvalue weighted by Gasteiger charge is 2.21. The van der Waals surface area contributed by atoms with Crippen molar-refractivity contribution in [1.29, 1.82) is 0 Å². The zero-order valence-electron chi connectivity index (χ0n) is 10.2. The molecule has 0 saturated heterocycles. The summed E-state index contributed by atoms with van der Waals surface area (Å²) >= 11 is 9.83. The summed E-state index contributed by atoms with van der Waals surface area (Å²) in [6, 6.07) is 7.85. The zero-order valence-corrected chi connectivity index (χ0v) is 14.2. The summed E-state index contributed by atoms with van der Waals surface area (Å²) < 4.78 is 26.9. The number of halogens is 2. The number of carbonyl (C=O) groups excluding carboxylic acids is 1. The van der Waals surface area contributed by atoms with Crippen LogP contribution < -0.4 is 4.72 Å². The van der Waals surface area contributed by atoms with Gasteiger partial charge in [-0.3, -0.25) is 4.79 Å². The Morgan fingerprint density at radius 2 is 2.00 bits per heavy atom. The lowest BCUT2D eigenvalue weighted by molar-refractivity contribution is 0.0980. The molecule has 1 aromatic carbocycles. The molecule has 0 bridgehead atoms. The smallest absolute Gasteiger partial charge is 0.268 e. The molecule has 0 atom stereocenters. The van der Waals surface area contributed by atoms with E-state index >= 15 is 0 Å². The fourth-order valence-electron chi connectivity index (χ4n) is 1.47. The van der Waals surface area contributed by atoms with Gasteiger partial charge in [0, 0.05) is 4.47 Å². The summed E-state index contributed by atoms with van der Waals surface area (Å²) in [4.78, 5) is 12.0. The van der Waals surface area contributed by atoms with Gasteiger partial charge in [-0.2, -0.15) is 0 Å². The quantitative estimate of drug-likeness (QED) is 0.865. The molecule has 4 nitrogen and oxygen atoms in total. The fraction of sp³-hybridized carbons (Fsp3) is 0.0833. The number of thiophene rings is 1. The monoisotopic (exact) mass is 393 g/mol. The molecule has 0 fully saturated rings. The van der Waals surface area contributed by atoms with E-state index in [1.165, 1.54) is 12.1 Å². The molecule has 1 aromatic heterocycles. The van der Waals surface area contributed by atoms with Gasteiger partial charge >= 0.3 is 0 Å². The Hall–Kier alpha value is -0.890. The van der Waals surface area contributed by atoms with Gasteiger partial charge in [0.05, 0.1) is 9.90 Å². The molecule has 20 heavy (non-hydrogen) atoms. The third kappa shape index (κ3) is 3.41. The predicted octanol–water partition coefficient (Wildman–Crippen LogP) is 3.59. The van der Waals surface area contributed by atoms with E-state index in [9.17, 15) is 13.2 Å². The zero-order chi connectivity index (χ0) is 14.9. The molecule has 1 heterocycles. The maximum Gasteiger partial charge on any atom is 0.273 e. The largest absolute Gasteiger partial charge is 0.273 e. The Balaban J connectivity index is 2.27. The van der Waals surface area contributed by atoms with E-state index in [0.29, 0.717) is 8.81 Å². The second kappa shape index (κ2) is 5.85. The average Bonchev–Trinajstić information content (AvgIpc) is 2.75. The van der Waals surface area contributed by atoms with E-state index in [0.717, 1.165) is 16.9 Å². The Labute approximate surface area is 134 Å². The Bertz CT molecular complexity index is 771. The molecule has 0 saturated carbocycles. The number of rotatable bonds is 3. The topological polar surface area (TPSA) is 63.2 Å². The van der Waals surface area contributed by atoms with Crippen LogP contribution in [-0.4, -0.2) is 14.3 Å². The number of hydrogen-bond acceptors (Lipinski definition) is 4. The number of amides is 1. The van der Waals surface area contributed by atoms with Gasteiger partial charge in [0.2, 0.25) is 0 Å². The molecular formula is C12H9BrClNO3S2. The Morgan fingerprint density at radius 3 is 2.55 bits per heavy atom. The van der Waals surface area contributed by atoms with E-state index in [1.807, 2.05) is 11.6 Å². The van der Waals surface area contributed by atoms with Crippen LogP contribution in [0.1, 0.15) is 15.9 Å². The number of aryl methyl sites for hydroxylation is 1. The van der Waals surface area contributed by atoms with Crippen molar-refractivity contribution in [3.63, 3.8) is 0 Å². The van der Waals surface area contributed by atoms with Crippen molar-refractivity contribution in [2.24, 2.45) is 0 Å². The number of benzene rings is 1. The summed E-state index contributed by atoms with van der Waals surface area (Å²) in [5.41, 5.74) is 1.21. The molecule has 1 amide bonds. The molecule has 2 aromatic rings. The lowest BCUT2D eigenvalue weighted by Crippen LogP contribution is -2.30. The van der Waals surface area contributed by atoms with E-state index in [4.69, 9.17) is 11.6 Å². The van der Waals surface area contributed by atoms with Crippen LogP contribution in [0.5, 0.6) is 0 Å². The van der Waals surface area contributed by atoms with Gasteiger partial charge in [-0.15, -0.1) is 11.3 Å². The Kier molecular flexibility index (Phi) is 4.53. The van der Waals surface area contributed by atoms with Crippen molar-refractivity contribution in [3.05, 3.63) is 50.3 Å². The molecule has 0 spiro atoms. The lowest BCUT2D eigenvalue weighted by atomic mass is 10.1. The first-order chi connectivity index (χ1) is 9.29. The predicted molar refractivity (Wildman–Crippen MR) is 82.9 cm³/mol. The van der Waals surface area contributed by atoms with E-state index < -0.39 is 15.9 Å². The van der Waals surface area contributed by atoms with Crippen LogP contribution in [0, 0.1) is 6.92 Å². The maximum absolute atomic E-state index is 12.0. The normalized spacial score (nSPS) is 11.3. The van der Waals surface area contributed by atoms with E-state index in [-0.39, 0.29) is 9.77 Å². The second-order valence-electron chi connectivity index (χ2n) is 3.98. The highest BCUT2D eigenvalue weighted by molar-refractivity contribution is 9.10. The minimum absolute atomic E-state index is 0.000848. The molecule has 0 aliphatic rings. The third-order valence-corrected chi connectivity index (χ3v) is 6.12. The number of nitrogens with one attached hydrogen (secondary N) is 1. The third-order valence-electron chi connectivity index (χ3n) is 2.41. The van der Waals surface area contributed by atoms with Crippen molar-refractivity contribution in [1.82, 2.24) is 4.72 Å². The molecule has 0 aliphatic carbocycles. The minimum atomic E-state index is -3.90.